The van der Waals surface area contributed by atoms with Crippen LogP contribution < -0.4 is 10.9 Å². The van der Waals surface area contributed by atoms with Crippen LogP contribution in [0.2, 0.25) is 0 Å². The zero-order chi connectivity index (χ0) is 21.1. The Bertz CT molecular complexity index is 995. The topological polar surface area (TPSA) is 67.2 Å². The van der Waals surface area contributed by atoms with Gasteiger partial charge in [-0.2, -0.15) is 0 Å². The van der Waals surface area contributed by atoms with E-state index in [1.807, 2.05) is 0 Å². The van der Waals surface area contributed by atoms with Crippen LogP contribution in [0.25, 0.3) is 10.2 Å². The van der Waals surface area contributed by atoms with Crippen LogP contribution in [-0.2, 0) is 24.2 Å². The summed E-state index contributed by atoms with van der Waals surface area (Å²) >= 11 is 1.66. The van der Waals surface area contributed by atoms with Crippen molar-refractivity contribution in [2.45, 2.75) is 71.4 Å². The number of carbonyl (C=O) groups excluding carboxylic acids is 1. The Balaban J connectivity index is 1.31. The highest BCUT2D eigenvalue weighted by Gasteiger charge is 2.21. The van der Waals surface area contributed by atoms with E-state index in [2.05, 4.69) is 35.1 Å². The number of fused-ring (bicyclic) bond motifs is 3. The van der Waals surface area contributed by atoms with Crippen LogP contribution >= 0.6 is 11.3 Å². The summed E-state index contributed by atoms with van der Waals surface area (Å²) in [6.07, 6.45) is 10.5. The first-order valence-electron chi connectivity index (χ1n) is 11.2. The average Bonchev–Trinajstić information content (AvgIpc) is 3.12. The molecule has 2 aromatic heterocycles. The minimum absolute atomic E-state index is 0.0137. The Labute approximate surface area is 182 Å². The van der Waals surface area contributed by atoms with E-state index in [9.17, 15) is 9.59 Å². The number of allylic oxidation sites excluding steroid dienone is 1. The molecule has 1 amide bonds. The number of aromatic nitrogens is 2. The number of hydrogen-bond acceptors (Lipinski definition) is 5. The van der Waals surface area contributed by atoms with E-state index in [4.69, 9.17) is 0 Å². The van der Waals surface area contributed by atoms with Gasteiger partial charge in [-0.05, 0) is 57.9 Å². The number of nitrogens with one attached hydrogen (secondary N) is 1. The number of piperidine rings is 1. The first-order valence-corrected chi connectivity index (χ1v) is 12.0. The molecule has 1 aliphatic carbocycles. The molecule has 2 aliphatic rings. The Hall–Kier alpha value is -1.99. The summed E-state index contributed by atoms with van der Waals surface area (Å²) in [5.74, 6) is 0.0251. The van der Waals surface area contributed by atoms with Gasteiger partial charge in [-0.1, -0.05) is 11.6 Å². The van der Waals surface area contributed by atoms with E-state index in [1.54, 1.807) is 22.2 Å². The van der Waals surface area contributed by atoms with Gasteiger partial charge >= 0.3 is 0 Å². The number of nitrogens with zero attached hydrogens (tertiary/aromatic N) is 3. The lowest BCUT2D eigenvalue weighted by atomic mass is 9.97. The van der Waals surface area contributed by atoms with Gasteiger partial charge in [0.25, 0.3) is 5.56 Å². The van der Waals surface area contributed by atoms with Gasteiger partial charge in [-0.15, -0.1) is 11.3 Å². The smallest absolute Gasteiger partial charge is 0.262 e. The summed E-state index contributed by atoms with van der Waals surface area (Å²) in [6, 6.07) is 0.238. The normalized spacial score (nSPS) is 17.7. The SMILES string of the molecule is CC(C)=CCN1CCC(NC(=O)CCn2cnc3sc4c(c3c2=O)CCCC4)CC1. The van der Waals surface area contributed by atoms with Gasteiger partial charge in [0, 0.05) is 43.5 Å². The van der Waals surface area contributed by atoms with Crippen LogP contribution in [0, 0.1) is 0 Å². The van der Waals surface area contributed by atoms with E-state index < -0.39 is 0 Å². The standard InChI is InChI=1S/C23H32N4O2S/c1-16(2)7-11-26-12-8-17(9-13-26)25-20(28)10-14-27-15-24-22-21(23(27)29)18-5-3-4-6-19(18)30-22/h7,15,17H,3-6,8-14H2,1-2H3,(H,25,28). The third-order valence-corrected chi connectivity index (χ3v) is 7.43. The molecular formula is C23H32N4O2S. The molecule has 0 bridgehead atoms. The summed E-state index contributed by atoms with van der Waals surface area (Å²) in [5.41, 5.74) is 2.56. The molecule has 0 spiro atoms. The molecule has 7 heteroatoms. The predicted molar refractivity (Wildman–Crippen MR) is 122 cm³/mol. The van der Waals surface area contributed by atoms with Crippen molar-refractivity contribution >= 4 is 27.5 Å². The highest BCUT2D eigenvalue weighted by molar-refractivity contribution is 7.18. The summed E-state index contributed by atoms with van der Waals surface area (Å²) in [4.78, 5) is 34.6. The first kappa shape index (κ1) is 21.2. The highest BCUT2D eigenvalue weighted by Crippen LogP contribution is 2.33. The molecule has 4 rings (SSSR count). The summed E-state index contributed by atoms with van der Waals surface area (Å²) in [6.45, 7) is 7.65. The van der Waals surface area contributed by atoms with Crippen LogP contribution in [0.1, 0.15) is 56.4 Å². The van der Waals surface area contributed by atoms with Crippen molar-refractivity contribution in [3.8, 4) is 0 Å². The Morgan fingerprint density at radius 2 is 2.03 bits per heavy atom. The molecule has 2 aromatic rings. The average molecular weight is 429 g/mol. The third kappa shape index (κ3) is 4.83. The van der Waals surface area contributed by atoms with Crippen LogP contribution in [0.15, 0.2) is 22.8 Å². The number of carbonyl (C=O) groups is 1. The van der Waals surface area contributed by atoms with Crippen molar-refractivity contribution in [3.05, 3.63) is 38.8 Å². The first-order chi connectivity index (χ1) is 14.5. The number of amides is 1. The lowest BCUT2D eigenvalue weighted by molar-refractivity contribution is -0.122. The largest absolute Gasteiger partial charge is 0.353 e. The molecule has 1 fully saturated rings. The van der Waals surface area contributed by atoms with Crippen molar-refractivity contribution in [3.63, 3.8) is 0 Å². The molecular weight excluding hydrogens is 396 g/mol. The van der Waals surface area contributed by atoms with Crippen molar-refractivity contribution in [1.82, 2.24) is 19.8 Å². The molecule has 3 heterocycles. The molecule has 1 N–H and O–H groups in total. The number of thiophene rings is 1. The fourth-order valence-corrected chi connectivity index (χ4v) is 5.65. The maximum atomic E-state index is 13.0. The van der Waals surface area contributed by atoms with Gasteiger partial charge in [0.05, 0.1) is 11.7 Å². The maximum Gasteiger partial charge on any atom is 0.262 e. The maximum absolute atomic E-state index is 13.0. The fourth-order valence-electron chi connectivity index (χ4n) is 4.43. The van der Waals surface area contributed by atoms with Gasteiger partial charge in [-0.3, -0.25) is 19.1 Å². The van der Waals surface area contributed by atoms with E-state index in [0.717, 1.165) is 62.0 Å². The summed E-state index contributed by atoms with van der Waals surface area (Å²) in [7, 11) is 0. The fraction of sp³-hybridized carbons (Fsp3) is 0.609. The molecule has 0 atom stereocenters. The second-order valence-electron chi connectivity index (χ2n) is 8.81. The van der Waals surface area contributed by atoms with Gasteiger partial charge in [0.2, 0.25) is 5.91 Å². The Morgan fingerprint density at radius 1 is 1.27 bits per heavy atom. The Morgan fingerprint density at radius 3 is 2.80 bits per heavy atom. The molecule has 1 aliphatic heterocycles. The zero-order valence-corrected chi connectivity index (χ0v) is 18.9. The van der Waals surface area contributed by atoms with E-state index >= 15 is 0 Å². The summed E-state index contributed by atoms with van der Waals surface area (Å²) < 4.78 is 1.62. The van der Waals surface area contributed by atoms with Crippen LogP contribution in [-0.4, -0.2) is 46.0 Å². The lowest BCUT2D eigenvalue weighted by Crippen LogP contribution is -2.44. The molecule has 0 aromatic carbocycles. The quantitative estimate of drug-likeness (QED) is 0.717. The van der Waals surface area contributed by atoms with Gasteiger partial charge in [0.1, 0.15) is 4.83 Å². The molecule has 0 radical (unpaired) electrons. The van der Waals surface area contributed by atoms with Gasteiger partial charge < -0.3 is 5.32 Å². The lowest BCUT2D eigenvalue weighted by Gasteiger charge is -2.31. The number of rotatable bonds is 6. The van der Waals surface area contributed by atoms with E-state index in [0.29, 0.717) is 13.0 Å². The zero-order valence-electron chi connectivity index (χ0n) is 18.1. The van der Waals surface area contributed by atoms with Crippen LogP contribution in [0.4, 0.5) is 0 Å². The Kier molecular flexibility index (Phi) is 6.68. The predicted octanol–water partition coefficient (Wildman–Crippen LogP) is 3.27. The number of aryl methyl sites for hydroxylation is 3. The molecule has 1 saturated heterocycles. The minimum atomic E-state index is 0.0137. The molecule has 0 unspecified atom stereocenters. The van der Waals surface area contributed by atoms with Gasteiger partial charge in [0.15, 0.2) is 0 Å². The molecule has 162 valence electrons. The number of likely N-dealkylation sites (tertiary alicyclic amines) is 1. The summed E-state index contributed by atoms with van der Waals surface area (Å²) in [5, 5.41) is 3.95. The minimum Gasteiger partial charge on any atom is -0.353 e. The van der Waals surface area contributed by atoms with E-state index in [-0.39, 0.29) is 17.5 Å². The van der Waals surface area contributed by atoms with Crippen molar-refractivity contribution < 1.29 is 4.79 Å². The number of hydrogen-bond donors (Lipinski definition) is 1. The second kappa shape index (κ2) is 9.43. The molecule has 0 saturated carbocycles. The van der Waals surface area contributed by atoms with E-state index in [1.165, 1.54) is 22.4 Å². The van der Waals surface area contributed by atoms with Crippen molar-refractivity contribution in [2.24, 2.45) is 0 Å². The monoisotopic (exact) mass is 428 g/mol. The highest BCUT2D eigenvalue weighted by atomic mass is 32.1. The van der Waals surface area contributed by atoms with Crippen molar-refractivity contribution in [1.29, 1.82) is 0 Å². The van der Waals surface area contributed by atoms with Crippen molar-refractivity contribution in [2.75, 3.05) is 19.6 Å². The molecule has 6 nitrogen and oxygen atoms in total. The van der Waals surface area contributed by atoms with Gasteiger partial charge in [-0.25, -0.2) is 4.98 Å². The van der Waals surface area contributed by atoms with Crippen LogP contribution in [0.5, 0.6) is 0 Å². The van der Waals surface area contributed by atoms with Crippen LogP contribution in [0.3, 0.4) is 0 Å². The second-order valence-corrected chi connectivity index (χ2v) is 9.89. The molecule has 30 heavy (non-hydrogen) atoms. The third-order valence-electron chi connectivity index (χ3n) is 6.23.